The van der Waals surface area contributed by atoms with Gasteiger partial charge in [-0.1, -0.05) is 12.8 Å². The van der Waals surface area contributed by atoms with Gasteiger partial charge in [0.1, 0.15) is 0 Å². The maximum absolute atomic E-state index is 9.27. The van der Waals surface area contributed by atoms with Gasteiger partial charge in [-0.05, 0) is 33.2 Å². The highest BCUT2D eigenvalue weighted by Gasteiger charge is 2.17. The van der Waals surface area contributed by atoms with Crippen molar-refractivity contribution in [2.45, 2.75) is 51.7 Å². The van der Waals surface area contributed by atoms with E-state index < -0.39 is 0 Å². The van der Waals surface area contributed by atoms with E-state index in [1.165, 1.54) is 32.2 Å². The van der Waals surface area contributed by atoms with Crippen LogP contribution >= 0.6 is 0 Å². The van der Waals surface area contributed by atoms with Gasteiger partial charge in [0.15, 0.2) is 0 Å². The quantitative estimate of drug-likeness (QED) is 0.682. The van der Waals surface area contributed by atoms with Crippen LogP contribution < -0.4 is 0 Å². The van der Waals surface area contributed by atoms with E-state index >= 15 is 0 Å². The molecule has 2 nitrogen and oxygen atoms in total. The molecule has 0 aromatic carbocycles. The SMILES string of the molecule is CC(O)CN1CCCCCC1C. The summed E-state index contributed by atoms with van der Waals surface area (Å²) in [7, 11) is 0. The maximum Gasteiger partial charge on any atom is 0.0639 e. The minimum atomic E-state index is -0.175. The lowest BCUT2D eigenvalue weighted by Gasteiger charge is -2.27. The van der Waals surface area contributed by atoms with E-state index in [-0.39, 0.29) is 6.10 Å². The number of hydrogen-bond donors (Lipinski definition) is 1. The van der Waals surface area contributed by atoms with E-state index in [0.717, 1.165) is 6.54 Å². The van der Waals surface area contributed by atoms with Crippen LogP contribution in [0.5, 0.6) is 0 Å². The van der Waals surface area contributed by atoms with Crippen molar-refractivity contribution in [1.82, 2.24) is 4.90 Å². The van der Waals surface area contributed by atoms with Crippen LogP contribution in [0.1, 0.15) is 39.5 Å². The van der Waals surface area contributed by atoms with Crippen LogP contribution in [0.4, 0.5) is 0 Å². The minimum Gasteiger partial charge on any atom is -0.392 e. The van der Waals surface area contributed by atoms with Gasteiger partial charge in [-0.3, -0.25) is 4.90 Å². The van der Waals surface area contributed by atoms with E-state index in [1.54, 1.807) is 0 Å². The molecule has 1 saturated heterocycles. The summed E-state index contributed by atoms with van der Waals surface area (Å²) in [5, 5.41) is 9.27. The molecule has 1 rings (SSSR count). The third kappa shape index (κ3) is 3.11. The number of aliphatic hydroxyl groups excluding tert-OH is 1. The van der Waals surface area contributed by atoms with Gasteiger partial charge in [0.25, 0.3) is 0 Å². The second-order valence-electron chi connectivity index (χ2n) is 4.04. The summed E-state index contributed by atoms with van der Waals surface area (Å²) in [6.07, 6.45) is 5.15. The van der Waals surface area contributed by atoms with Crippen molar-refractivity contribution in [2.75, 3.05) is 13.1 Å². The molecular weight excluding hydrogens is 150 g/mol. The van der Waals surface area contributed by atoms with Crippen molar-refractivity contribution in [3.05, 3.63) is 0 Å². The molecule has 2 atom stereocenters. The summed E-state index contributed by atoms with van der Waals surface area (Å²) in [5.74, 6) is 0. The molecule has 0 aromatic heterocycles. The number of aliphatic hydroxyl groups is 1. The minimum absolute atomic E-state index is 0.175. The first-order valence-electron chi connectivity index (χ1n) is 5.12. The first-order chi connectivity index (χ1) is 5.70. The van der Waals surface area contributed by atoms with Gasteiger partial charge in [-0.25, -0.2) is 0 Å². The molecule has 0 saturated carbocycles. The lowest BCUT2D eigenvalue weighted by atomic mass is 10.1. The highest BCUT2D eigenvalue weighted by atomic mass is 16.3. The first kappa shape index (κ1) is 10.0. The van der Waals surface area contributed by atoms with E-state index in [1.807, 2.05) is 6.92 Å². The lowest BCUT2D eigenvalue weighted by Crippen LogP contribution is -2.37. The van der Waals surface area contributed by atoms with E-state index in [9.17, 15) is 5.11 Å². The van der Waals surface area contributed by atoms with Gasteiger partial charge in [0.2, 0.25) is 0 Å². The molecule has 0 amide bonds. The number of rotatable bonds is 2. The monoisotopic (exact) mass is 171 g/mol. The fourth-order valence-corrected chi connectivity index (χ4v) is 1.94. The second-order valence-corrected chi connectivity index (χ2v) is 4.04. The van der Waals surface area contributed by atoms with Crippen molar-refractivity contribution in [1.29, 1.82) is 0 Å². The second kappa shape index (κ2) is 4.83. The smallest absolute Gasteiger partial charge is 0.0639 e. The molecule has 2 unspecified atom stereocenters. The summed E-state index contributed by atoms with van der Waals surface area (Å²) >= 11 is 0. The Hall–Kier alpha value is -0.0800. The average molecular weight is 171 g/mol. The Morgan fingerprint density at radius 2 is 2.17 bits per heavy atom. The van der Waals surface area contributed by atoms with Crippen LogP contribution in [0.15, 0.2) is 0 Å². The molecule has 2 heteroatoms. The number of β-amino-alcohol motifs (C(OH)–C–C–N with tert-alkyl or cyclic N) is 1. The molecular formula is C10H21NO. The Balaban J connectivity index is 2.36. The molecule has 1 fully saturated rings. The summed E-state index contributed by atoms with van der Waals surface area (Å²) in [4.78, 5) is 2.41. The largest absolute Gasteiger partial charge is 0.392 e. The zero-order chi connectivity index (χ0) is 8.97. The number of hydrogen-bond acceptors (Lipinski definition) is 2. The predicted molar refractivity (Wildman–Crippen MR) is 51.2 cm³/mol. The Morgan fingerprint density at radius 3 is 2.83 bits per heavy atom. The third-order valence-electron chi connectivity index (χ3n) is 2.69. The normalized spacial score (nSPS) is 29.8. The van der Waals surface area contributed by atoms with Crippen molar-refractivity contribution in [2.24, 2.45) is 0 Å². The van der Waals surface area contributed by atoms with Gasteiger partial charge >= 0.3 is 0 Å². The van der Waals surface area contributed by atoms with Gasteiger partial charge < -0.3 is 5.11 Å². The van der Waals surface area contributed by atoms with Gasteiger partial charge in [-0.15, -0.1) is 0 Å². The summed E-state index contributed by atoms with van der Waals surface area (Å²) < 4.78 is 0. The topological polar surface area (TPSA) is 23.5 Å². The van der Waals surface area contributed by atoms with Crippen LogP contribution in [-0.4, -0.2) is 35.2 Å². The zero-order valence-corrected chi connectivity index (χ0v) is 8.29. The lowest BCUT2D eigenvalue weighted by molar-refractivity contribution is 0.105. The molecule has 12 heavy (non-hydrogen) atoms. The van der Waals surface area contributed by atoms with Crippen molar-refractivity contribution >= 4 is 0 Å². The molecule has 0 aromatic rings. The van der Waals surface area contributed by atoms with Gasteiger partial charge in [-0.2, -0.15) is 0 Å². The van der Waals surface area contributed by atoms with Crippen LogP contribution in [0, 0.1) is 0 Å². The Labute approximate surface area is 75.6 Å². The molecule has 1 aliphatic heterocycles. The van der Waals surface area contributed by atoms with Crippen molar-refractivity contribution in [3.63, 3.8) is 0 Å². The predicted octanol–water partition coefficient (Wildman–Crippen LogP) is 1.63. The van der Waals surface area contributed by atoms with Crippen LogP contribution in [0.2, 0.25) is 0 Å². The highest BCUT2D eigenvalue weighted by molar-refractivity contribution is 4.72. The fourth-order valence-electron chi connectivity index (χ4n) is 1.94. The average Bonchev–Trinajstić information content (AvgIpc) is 2.16. The third-order valence-corrected chi connectivity index (χ3v) is 2.69. The van der Waals surface area contributed by atoms with Gasteiger partial charge in [0, 0.05) is 12.6 Å². The van der Waals surface area contributed by atoms with E-state index in [4.69, 9.17) is 0 Å². The van der Waals surface area contributed by atoms with E-state index in [2.05, 4.69) is 11.8 Å². The summed E-state index contributed by atoms with van der Waals surface area (Å²) in [6.45, 7) is 6.17. The first-order valence-corrected chi connectivity index (χ1v) is 5.12. The summed E-state index contributed by atoms with van der Waals surface area (Å²) in [6, 6.07) is 0.669. The fraction of sp³-hybridized carbons (Fsp3) is 1.00. The maximum atomic E-state index is 9.27. The Bertz CT molecular complexity index is 125. The molecule has 1 heterocycles. The molecule has 1 N–H and O–H groups in total. The zero-order valence-electron chi connectivity index (χ0n) is 8.29. The molecule has 72 valence electrons. The van der Waals surface area contributed by atoms with Crippen LogP contribution in [0.25, 0.3) is 0 Å². The van der Waals surface area contributed by atoms with Crippen molar-refractivity contribution in [3.8, 4) is 0 Å². The molecule has 0 radical (unpaired) electrons. The number of nitrogens with zero attached hydrogens (tertiary/aromatic N) is 1. The van der Waals surface area contributed by atoms with Gasteiger partial charge in [0.05, 0.1) is 6.10 Å². The summed E-state index contributed by atoms with van der Waals surface area (Å²) in [5.41, 5.74) is 0. The van der Waals surface area contributed by atoms with Crippen LogP contribution in [-0.2, 0) is 0 Å². The standard InChI is InChI=1S/C10H21NO/c1-9-6-4-3-5-7-11(9)8-10(2)12/h9-10,12H,3-8H2,1-2H3. The molecule has 0 aliphatic carbocycles. The highest BCUT2D eigenvalue weighted by Crippen LogP contribution is 2.16. The number of likely N-dealkylation sites (tertiary alicyclic amines) is 1. The molecule has 0 bridgehead atoms. The Kier molecular flexibility index (Phi) is 4.02. The van der Waals surface area contributed by atoms with Crippen LogP contribution in [0.3, 0.4) is 0 Å². The van der Waals surface area contributed by atoms with Crippen molar-refractivity contribution < 1.29 is 5.11 Å². The molecule has 0 spiro atoms. The molecule has 1 aliphatic rings. The Morgan fingerprint density at radius 1 is 1.42 bits per heavy atom. The van der Waals surface area contributed by atoms with E-state index in [0.29, 0.717) is 6.04 Å².